The Labute approximate surface area is 98.7 Å². The van der Waals surface area contributed by atoms with Gasteiger partial charge in [0, 0.05) is 26.7 Å². The Kier molecular flexibility index (Phi) is 5.85. The summed E-state index contributed by atoms with van der Waals surface area (Å²) < 4.78 is 12.9. The first-order valence-corrected chi connectivity index (χ1v) is 5.74. The highest BCUT2D eigenvalue weighted by Crippen LogP contribution is 2.16. The molecule has 0 amide bonds. The van der Waals surface area contributed by atoms with Crippen LogP contribution in [0.1, 0.15) is 0 Å². The minimum atomic E-state index is 0.444. The summed E-state index contributed by atoms with van der Waals surface area (Å²) in [6, 6.07) is 0. The SMILES string of the molecule is COCCN(C)CCNc1nsnc1Cl. The summed E-state index contributed by atoms with van der Waals surface area (Å²) in [5.41, 5.74) is 0. The number of nitrogens with one attached hydrogen (secondary N) is 1. The molecule has 1 aromatic heterocycles. The van der Waals surface area contributed by atoms with E-state index in [9.17, 15) is 0 Å². The maximum atomic E-state index is 5.78. The lowest BCUT2D eigenvalue weighted by Gasteiger charge is -2.15. The molecular formula is C8H15ClN4OS. The zero-order chi connectivity index (χ0) is 11.1. The molecule has 0 spiro atoms. The first kappa shape index (κ1) is 12.6. The van der Waals surface area contributed by atoms with E-state index < -0.39 is 0 Å². The molecule has 15 heavy (non-hydrogen) atoms. The standard InChI is InChI=1S/C8H15ClN4OS/c1-13(5-6-14-2)4-3-10-8-7(9)11-15-12-8/h3-6H2,1-2H3,(H,10,12). The summed E-state index contributed by atoms with van der Waals surface area (Å²) >= 11 is 6.89. The van der Waals surface area contributed by atoms with Gasteiger partial charge in [0.25, 0.3) is 0 Å². The summed E-state index contributed by atoms with van der Waals surface area (Å²) in [4.78, 5) is 2.17. The summed E-state index contributed by atoms with van der Waals surface area (Å²) in [6.45, 7) is 3.37. The zero-order valence-electron chi connectivity index (χ0n) is 8.86. The van der Waals surface area contributed by atoms with Gasteiger partial charge in [-0.3, -0.25) is 0 Å². The van der Waals surface area contributed by atoms with Gasteiger partial charge in [0.1, 0.15) is 0 Å². The minimum absolute atomic E-state index is 0.444. The summed E-state index contributed by atoms with van der Waals surface area (Å²) in [5.74, 6) is 0.668. The maximum Gasteiger partial charge on any atom is 0.186 e. The molecule has 0 aromatic carbocycles. The Morgan fingerprint density at radius 2 is 2.27 bits per heavy atom. The van der Waals surface area contributed by atoms with E-state index in [1.54, 1.807) is 7.11 Å². The van der Waals surface area contributed by atoms with Crippen LogP contribution in [0.25, 0.3) is 0 Å². The Bertz CT molecular complexity index is 283. The number of anilines is 1. The molecule has 7 heteroatoms. The number of likely N-dealkylation sites (N-methyl/N-ethyl adjacent to an activating group) is 1. The fourth-order valence-corrected chi connectivity index (χ4v) is 1.69. The summed E-state index contributed by atoms with van der Waals surface area (Å²) in [6.07, 6.45) is 0. The van der Waals surface area contributed by atoms with Gasteiger partial charge in [0.15, 0.2) is 11.0 Å². The van der Waals surface area contributed by atoms with E-state index in [1.165, 1.54) is 0 Å². The fourth-order valence-electron chi connectivity index (χ4n) is 1.01. The van der Waals surface area contributed by atoms with Crippen LogP contribution in [-0.2, 0) is 4.74 Å². The number of rotatable bonds is 7. The highest BCUT2D eigenvalue weighted by molar-refractivity contribution is 6.99. The van der Waals surface area contributed by atoms with Crippen molar-refractivity contribution >= 4 is 29.1 Å². The van der Waals surface area contributed by atoms with Crippen molar-refractivity contribution in [3.63, 3.8) is 0 Å². The van der Waals surface area contributed by atoms with E-state index in [2.05, 4.69) is 19.0 Å². The van der Waals surface area contributed by atoms with E-state index in [0.717, 1.165) is 38.0 Å². The smallest absolute Gasteiger partial charge is 0.186 e. The van der Waals surface area contributed by atoms with Gasteiger partial charge in [-0.15, -0.1) is 0 Å². The second kappa shape index (κ2) is 6.95. The highest BCUT2D eigenvalue weighted by Gasteiger charge is 2.04. The molecule has 1 rings (SSSR count). The zero-order valence-corrected chi connectivity index (χ0v) is 10.4. The van der Waals surface area contributed by atoms with Crippen molar-refractivity contribution in [3.05, 3.63) is 5.15 Å². The summed E-state index contributed by atoms with van der Waals surface area (Å²) in [7, 11) is 3.74. The van der Waals surface area contributed by atoms with Gasteiger partial charge in [-0.05, 0) is 7.05 Å². The van der Waals surface area contributed by atoms with Crippen LogP contribution in [-0.4, -0.2) is 54.0 Å². The first-order valence-electron chi connectivity index (χ1n) is 4.63. The van der Waals surface area contributed by atoms with Crippen LogP contribution < -0.4 is 5.32 Å². The molecule has 5 nitrogen and oxygen atoms in total. The molecule has 0 saturated carbocycles. The van der Waals surface area contributed by atoms with Crippen LogP contribution in [0.4, 0.5) is 5.82 Å². The van der Waals surface area contributed by atoms with Crippen molar-refractivity contribution < 1.29 is 4.74 Å². The lowest BCUT2D eigenvalue weighted by molar-refractivity contribution is 0.163. The van der Waals surface area contributed by atoms with Crippen molar-refractivity contribution in [1.29, 1.82) is 0 Å². The second-order valence-corrected chi connectivity index (χ2v) is 4.01. The van der Waals surface area contributed by atoms with E-state index >= 15 is 0 Å². The monoisotopic (exact) mass is 250 g/mol. The van der Waals surface area contributed by atoms with Crippen LogP contribution in [0.15, 0.2) is 0 Å². The molecule has 0 atom stereocenters. The normalized spacial score (nSPS) is 10.9. The van der Waals surface area contributed by atoms with Crippen LogP contribution in [0.3, 0.4) is 0 Å². The molecule has 86 valence electrons. The minimum Gasteiger partial charge on any atom is -0.383 e. The molecule has 0 aliphatic carbocycles. The second-order valence-electron chi connectivity index (χ2n) is 3.13. The molecule has 1 heterocycles. The highest BCUT2D eigenvalue weighted by atomic mass is 35.5. The molecule has 0 unspecified atom stereocenters. The molecule has 0 bridgehead atoms. The maximum absolute atomic E-state index is 5.78. The number of halogens is 1. The van der Waals surface area contributed by atoms with E-state index in [0.29, 0.717) is 11.0 Å². The third-order valence-electron chi connectivity index (χ3n) is 1.91. The van der Waals surface area contributed by atoms with Gasteiger partial charge in [0.05, 0.1) is 18.3 Å². The molecule has 0 fully saturated rings. The molecule has 0 aliphatic heterocycles. The number of ether oxygens (including phenoxy) is 1. The van der Waals surface area contributed by atoms with Gasteiger partial charge in [-0.1, -0.05) is 11.6 Å². The lowest BCUT2D eigenvalue weighted by atomic mass is 10.5. The average Bonchev–Trinajstić information content (AvgIpc) is 2.61. The Hall–Kier alpha value is -0.430. The van der Waals surface area contributed by atoms with Crippen molar-refractivity contribution in [2.75, 3.05) is 45.7 Å². The molecule has 1 N–H and O–H groups in total. The van der Waals surface area contributed by atoms with E-state index in [4.69, 9.17) is 16.3 Å². The van der Waals surface area contributed by atoms with Gasteiger partial charge in [0.2, 0.25) is 0 Å². The predicted molar refractivity (Wildman–Crippen MR) is 62.8 cm³/mol. The van der Waals surface area contributed by atoms with Crippen molar-refractivity contribution in [2.45, 2.75) is 0 Å². The number of hydrogen-bond donors (Lipinski definition) is 1. The third-order valence-corrected chi connectivity index (χ3v) is 2.80. The first-order chi connectivity index (χ1) is 7.24. The number of hydrogen-bond acceptors (Lipinski definition) is 6. The fraction of sp³-hybridized carbons (Fsp3) is 0.750. The number of aromatic nitrogens is 2. The largest absolute Gasteiger partial charge is 0.383 e. The predicted octanol–water partition coefficient (Wildman–Crippen LogP) is 1.18. The quantitative estimate of drug-likeness (QED) is 0.788. The van der Waals surface area contributed by atoms with Crippen LogP contribution >= 0.6 is 23.3 Å². The Morgan fingerprint density at radius 1 is 1.47 bits per heavy atom. The lowest BCUT2D eigenvalue weighted by Crippen LogP contribution is -2.28. The number of methoxy groups -OCH3 is 1. The van der Waals surface area contributed by atoms with Crippen LogP contribution in [0.2, 0.25) is 5.15 Å². The Balaban J connectivity index is 2.13. The van der Waals surface area contributed by atoms with Gasteiger partial charge in [-0.25, -0.2) is 0 Å². The molecule has 0 radical (unpaired) electrons. The van der Waals surface area contributed by atoms with E-state index in [-0.39, 0.29) is 0 Å². The van der Waals surface area contributed by atoms with Crippen LogP contribution in [0.5, 0.6) is 0 Å². The molecular weight excluding hydrogens is 236 g/mol. The van der Waals surface area contributed by atoms with E-state index in [1.807, 2.05) is 7.05 Å². The summed E-state index contributed by atoms with van der Waals surface area (Å²) in [5, 5.41) is 3.57. The molecule has 0 saturated heterocycles. The van der Waals surface area contributed by atoms with Crippen molar-refractivity contribution in [1.82, 2.24) is 13.6 Å². The van der Waals surface area contributed by atoms with Gasteiger partial charge in [-0.2, -0.15) is 8.75 Å². The van der Waals surface area contributed by atoms with Crippen LogP contribution in [0, 0.1) is 0 Å². The van der Waals surface area contributed by atoms with Gasteiger partial charge < -0.3 is 15.0 Å². The third kappa shape index (κ3) is 4.74. The van der Waals surface area contributed by atoms with Gasteiger partial charge >= 0.3 is 0 Å². The number of nitrogens with zero attached hydrogens (tertiary/aromatic N) is 3. The van der Waals surface area contributed by atoms with Crippen molar-refractivity contribution in [2.24, 2.45) is 0 Å². The molecule has 1 aromatic rings. The van der Waals surface area contributed by atoms with Crippen molar-refractivity contribution in [3.8, 4) is 0 Å². The molecule has 0 aliphatic rings. The topological polar surface area (TPSA) is 50.3 Å². The average molecular weight is 251 g/mol. The Morgan fingerprint density at radius 3 is 2.87 bits per heavy atom.